The van der Waals surface area contributed by atoms with Crippen LogP contribution in [-0.4, -0.2) is 17.3 Å². The van der Waals surface area contributed by atoms with Crippen LogP contribution in [-0.2, 0) is 6.54 Å². The van der Waals surface area contributed by atoms with Crippen LogP contribution in [0, 0.1) is 0 Å². The van der Waals surface area contributed by atoms with Gasteiger partial charge in [0.05, 0.1) is 17.1 Å². The molecule has 2 rings (SSSR count). The topological polar surface area (TPSA) is 42.0 Å². The maximum Gasteiger partial charge on any atom is 0.188 e. The van der Waals surface area contributed by atoms with Gasteiger partial charge in [-0.25, -0.2) is 4.98 Å². The van der Waals surface area contributed by atoms with Crippen LogP contribution in [0.2, 0.25) is 0 Å². The van der Waals surface area contributed by atoms with E-state index in [9.17, 15) is 4.79 Å². The molecule has 0 amide bonds. The van der Waals surface area contributed by atoms with Crippen LogP contribution < -0.4 is 5.32 Å². The number of carbonyl (C=O) groups is 1. The minimum atomic E-state index is 0.148. The van der Waals surface area contributed by atoms with Crippen molar-refractivity contribution in [3.8, 4) is 0 Å². The smallest absolute Gasteiger partial charge is 0.188 e. The molecule has 0 saturated heterocycles. The molecule has 1 aromatic rings. The number of rotatable bonds is 0. The fraction of sp³-hybridized carbons (Fsp3) is 0.333. The molecule has 0 saturated carbocycles. The van der Waals surface area contributed by atoms with Crippen LogP contribution in [0.3, 0.4) is 0 Å². The van der Waals surface area contributed by atoms with Crippen molar-refractivity contribution in [2.24, 2.45) is 0 Å². The lowest BCUT2D eigenvalue weighted by molar-refractivity contribution is 0.0986. The number of fused-ring (bicyclic) bond motifs is 1. The minimum Gasteiger partial charge on any atom is -0.304 e. The van der Waals surface area contributed by atoms with Gasteiger partial charge in [0.15, 0.2) is 9.70 Å². The second kappa shape index (κ2) is 2.66. The first-order valence-electron chi connectivity index (χ1n) is 3.16. The van der Waals surface area contributed by atoms with Gasteiger partial charge in [0.25, 0.3) is 0 Å². The van der Waals surface area contributed by atoms with Crippen molar-refractivity contribution in [3.63, 3.8) is 0 Å². The first-order chi connectivity index (χ1) is 5.27. The number of aromatic nitrogens is 1. The number of nitrogens with zero attached hydrogens (tertiary/aromatic N) is 1. The fourth-order valence-electron chi connectivity index (χ4n) is 1.04. The molecule has 1 aliphatic heterocycles. The van der Waals surface area contributed by atoms with Crippen LogP contribution >= 0.6 is 27.3 Å². The molecule has 5 heteroatoms. The van der Waals surface area contributed by atoms with Gasteiger partial charge in [-0.05, 0) is 15.9 Å². The molecule has 3 nitrogen and oxygen atoms in total. The molecule has 0 aliphatic carbocycles. The first kappa shape index (κ1) is 7.39. The zero-order valence-corrected chi connectivity index (χ0v) is 7.96. The third kappa shape index (κ3) is 1.23. The summed E-state index contributed by atoms with van der Waals surface area (Å²) in [6.45, 7) is 1.16. The van der Waals surface area contributed by atoms with Crippen LogP contribution in [0.25, 0.3) is 0 Å². The van der Waals surface area contributed by atoms with Crippen molar-refractivity contribution >= 4 is 33.0 Å². The van der Waals surface area contributed by atoms with E-state index in [1.54, 1.807) is 0 Å². The zero-order chi connectivity index (χ0) is 7.84. The van der Waals surface area contributed by atoms with E-state index in [1.807, 2.05) is 0 Å². The molecular weight excluding hydrogens is 228 g/mol. The standard InChI is InChI=1S/C6H5BrN2OS/c7-6-9-3-1-8-2-4(10)5(3)11-6/h8H,1-2H2. The zero-order valence-electron chi connectivity index (χ0n) is 5.56. The number of halogens is 1. The number of hydrogen-bond acceptors (Lipinski definition) is 4. The third-order valence-corrected chi connectivity index (χ3v) is 3.09. The lowest BCUT2D eigenvalue weighted by atomic mass is 10.2. The molecule has 1 aliphatic rings. The van der Waals surface area contributed by atoms with E-state index >= 15 is 0 Å². The summed E-state index contributed by atoms with van der Waals surface area (Å²) in [5.41, 5.74) is 0.873. The second-order valence-corrected chi connectivity index (χ2v) is 4.54. The Kier molecular flexibility index (Phi) is 1.78. The SMILES string of the molecule is O=C1CNCc2nc(Br)sc21. The Morgan fingerprint density at radius 3 is 3.09 bits per heavy atom. The average Bonchev–Trinajstić information content (AvgIpc) is 2.31. The molecule has 0 bridgehead atoms. The van der Waals surface area contributed by atoms with Gasteiger partial charge in [0.2, 0.25) is 0 Å². The largest absolute Gasteiger partial charge is 0.304 e. The van der Waals surface area contributed by atoms with Crippen LogP contribution in [0.5, 0.6) is 0 Å². The predicted octanol–water partition coefficient (Wildman–Crippen LogP) is 1.19. The van der Waals surface area contributed by atoms with Crippen molar-refractivity contribution in [2.45, 2.75) is 6.54 Å². The quantitative estimate of drug-likeness (QED) is 0.731. The summed E-state index contributed by atoms with van der Waals surface area (Å²) < 4.78 is 0.791. The highest BCUT2D eigenvalue weighted by molar-refractivity contribution is 9.11. The van der Waals surface area contributed by atoms with Crippen molar-refractivity contribution in [1.29, 1.82) is 0 Å². The predicted molar refractivity (Wildman–Crippen MR) is 45.9 cm³/mol. The molecule has 0 spiro atoms. The number of carbonyl (C=O) groups excluding carboxylic acids is 1. The Morgan fingerprint density at radius 1 is 1.55 bits per heavy atom. The summed E-state index contributed by atoms with van der Waals surface area (Å²) in [6.07, 6.45) is 0. The van der Waals surface area contributed by atoms with E-state index in [0.29, 0.717) is 13.1 Å². The first-order valence-corrected chi connectivity index (χ1v) is 4.77. The number of thiazole rings is 1. The van der Waals surface area contributed by atoms with Crippen LogP contribution in [0.4, 0.5) is 0 Å². The van der Waals surface area contributed by atoms with E-state index in [0.717, 1.165) is 14.5 Å². The molecule has 0 aromatic carbocycles. The maximum absolute atomic E-state index is 11.2. The molecule has 1 N–H and O–H groups in total. The normalized spacial score (nSPS) is 16.6. The van der Waals surface area contributed by atoms with Gasteiger partial charge in [-0.3, -0.25) is 4.79 Å². The van der Waals surface area contributed by atoms with Crippen molar-refractivity contribution in [3.05, 3.63) is 14.5 Å². The highest BCUT2D eigenvalue weighted by atomic mass is 79.9. The lowest BCUT2D eigenvalue weighted by Gasteiger charge is -2.08. The monoisotopic (exact) mass is 232 g/mol. The van der Waals surface area contributed by atoms with Gasteiger partial charge in [-0.1, -0.05) is 0 Å². The highest BCUT2D eigenvalue weighted by Gasteiger charge is 2.20. The maximum atomic E-state index is 11.2. The summed E-state index contributed by atoms with van der Waals surface area (Å²) in [5, 5.41) is 2.98. The van der Waals surface area contributed by atoms with Gasteiger partial charge >= 0.3 is 0 Å². The lowest BCUT2D eigenvalue weighted by Crippen LogP contribution is -2.28. The van der Waals surface area contributed by atoms with Crippen molar-refractivity contribution < 1.29 is 4.79 Å². The molecule has 0 fully saturated rings. The summed E-state index contributed by atoms with van der Waals surface area (Å²) in [4.78, 5) is 16.1. The van der Waals surface area contributed by atoms with E-state index in [4.69, 9.17) is 0 Å². The van der Waals surface area contributed by atoms with Gasteiger partial charge in [0, 0.05) is 6.54 Å². The Balaban J connectivity index is 2.52. The molecule has 0 radical (unpaired) electrons. The summed E-state index contributed by atoms with van der Waals surface area (Å²) in [5.74, 6) is 0.148. The molecular formula is C6H5BrN2OS. The second-order valence-electron chi connectivity index (χ2n) is 2.27. The Labute approximate surface area is 76.0 Å². The highest BCUT2D eigenvalue weighted by Crippen LogP contribution is 2.25. The van der Waals surface area contributed by atoms with Gasteiger partial charge in [0.1, 0.15) is 0 Å². The van der Waals surface area contributed by atoms with E-state index in [1.165, 1.54) is 11.3 Å². The van der Waals surface area contributed by atoms with Gasteiger partial charge < -0.3 is 5.32 Å². The third-order valence-electron chi connectivity index (χ3n) is 1.50. The molecule has 2 heterocycles. The molecule has 0 unspecified atom stereocenters. The Morgan fingerprint density at radius 2 is 2.36 bits per heavy atom. The van der Waals surface area contributed by atoms with Gasteiger partial charge in [-0.15, -0.1) is 11.3 Å². The molecule has 11 heavy (non-hydrogen) atoms. The minimum absolute atomic E-state index is 0.148. The summed E-state index contributed by atoms with van der Waals surface area (Å²) in [7, 11) is 0. The average molecular weight is 233 g/mol. The van der Waals surface area contributed by atoms with Crippen LogP contribution in [0.1, 0.15) is 15.4 Å². The Bertz CT molecular complexity index is 310. The van der Waals surface area contributed by atoms with Gasteiger partial charge in [-0.2, -0.15) is 0 Å². The summed E-state index contributed by atoms with van der Waals surface area (Å²) in [6, 6.07) is 0. The number of nitrogens with one attached hydrogen (secondary N) is 1. The van der Waals surface area contributed by atoms with E-state index < -0.39 is 0 Å². The Hall–Kier alpha value is -0.260. The summed E-state index contributed by atoms with van der Waals surface area (Å²) >= 11 is 4.66. The van der Waals surface area contributed by atoms with E-state index in [2.05, 4.69) is 26.2 Å². The molecule has 1 aromatic heterocycles. The molecule has 58 valence electrons. The van der Waals surface area contributed by atoms with Crippen molar-refractivity contribution in [1.82, 2.24) is 10.3 Å². The van der Waals surface area contributed by atoms with Crippen LogP contribution in [0.15, 0.2) is 3.92 Å². The van der Waals surface area contributed by atoms with E-state index in [-0.39, 0.29) is 5.78 Å². The van der Waals surface area contributed by atoms with Crippen molar-refractivity contribution in [2.75, 3.05) is 6.54 Å². The number of ketones is 1. The fourth-order valence-corrected chi connectivity index (χ4v) is 2.48. The number of Topliss-reactive ketones (excluding diaryl/α,β-unsaturated/α-hetero) is 1. The number of hydrogen-bond donors (Lipinski definition) is 1. The molecule has 0 atom stereocenters.